The van der Waals surface area contributed by atoms with Crippen molar-refractivity contribution in [2.75, 3.05) is 13.7 Å². The van der Waals surface area contributed by atoms with E-state index in [4.69, 9.17) is 9.47 Å². The van der Waals surface area contributed by atoms with Gasteiger partial charge in [-0.25, -0.2) is 8.42 Å². The Hall–Kier alpha value is -1.27. The second kappa shape index (κ2) is 6.32. The van der Waals surface area contributed by atoms with E-state index >= 15 is 0 Å². The summed E-state index contributed by atoms with van der Waals surface area (Å²) in [6, 6.07) is 7.53. The predicted octanol–water partition coefficient (Wildman–Crippen LogP) is 2.67. The first kappa shape index (κ1) is 16.6. The van der Waals surface area contributed by atoms with Crippen LogP contribution in [0.25, 0.3) is 0 Å². The molecule has 1 heterocycles. The molecule has 2 fully saturated rings. The number of sulfonamides is 1. The summed E-state index contributed by atoms with van der Waals surface area (Å²) >= 11 is 0. The van der Waals surface area contributed by atoms with E-state index in [1.165, 1.54) is 0 Å². The fourth-order valence-corrected chi connectivity index (χ4v) is 5.46. The van der Waals surface area contributed by atoms with Crippen molar-refractivity contribution in [2.45, 2.75) is 50.4 Å². The Morgan fingerprint density at radius 1 is 1.17 bits per heavy atom. The first-order valence-corrected chi connectivity index (χ1v) is 9.73. The molecule has 5 nitrogen and oxygen atoms in total. The zero-order chi connectivity index (χ0) is 16.6. The highest BCUT2D eigenvalue weighted by molar-refractivity contribution is 7.89. The summed E-state index contributed by atoms with van der Waals surface area (Å²) in [5.74, 6) is 1.95. The summed E-state index contributed by atoms with van der Waals surface area (Å²) in [5, 5.41) is -0.384. The quantitative estimate of drug-likeness (QED) is 0.799. The van der Waals surface area contributed by atoms with Crippen molar-refractivity contribution in [3.05, 3.63) is 24.3 Å². The minimum atomic E-state index is -3.24. The van der Waals surface area contributed by atoms with Gasteiger partial charge in [-0.15, -0.1) is 0 Å². The average molecular weight is 339 g/mol. The number of fused-ring (bicyclic) bond motifs is 2. The summed E-state index contributed by atoms with van der Waals surface area (Å²) in [4.78, 5) is 0. The first-order chi connectivity index (χ1) is 10.9. The lowest BCUT2D eigenvalue weighted by Gasteiger charge is -2.35. The third-order valence-corrected chi connectivity index (χ3v) is 7.39. The molecule has 0 amide bonds. The van der Waals surface area contributed by atoms with Gasteiger partial charge in [-0.3, -0.25) is 0 Å². The van der Waals surface area contributed by atoms with Crippen molar-refractivity contribution >= 4 is 10.0 Å². The number of methoxy groups -OCH3 is 1. The van der Waals surface area contributed by atoms with Gasteiger partial charge in [0.1, 0.15) is 18.1 Å². The van der Waals surface area contributed by atoms with E-state index in [-0.39, 0.29) is 17.3 Å². The molecular formula is C17H25NO4S. The second-order valence-corrected chi connectivity index (χ2v) is 9.10. The molecule has 1 aromatic carbocycles. The number of hydrogen-bond donors (Lipinski definition) is 0. The van der Waals surface area contributed by atoms with Gasteiger partial charge in [0.25, 0.3) is 0 Å². The Kier molecular flexibility index (Phi) is 4.56. The Bertz CT molecular complexity index is 641. The molecule has 3 atom stereocenters. The van der Waals surface area contributed by atoms with Crippen LogP contribution in [0.2, 0.25) is 0 Å². The van der Waals surface area contributed by atoms with Crippen LogP contribution in [0.3, 0.4) is 0 Å². The number of hydrogen-bond acceptors (Lipinski definition) is 4. The molecule has 0 N–H and O–H groups in total. The van der Waals surface area contributed by atoms with Gasteiger partial charge in [0.15, 0.2) is 0 Å². The van der Waals surface area contributed by atoms with Crippen molar-refractivity contribution in [1.82, 2.24) is 4.31 Å². The van der Waals surface area contributed by atoms with E-state index in [9.17, 15) is 8.42 Å². The maximum absolute atomic E-state index is 12.7. The fourth-order valence-electron chi connectivity index (χ4n) is 3.75. The third kappa shape index (κ3) is 3.06. The van der Waals surface area contributed by atoms with Crippen molar-refractivity contribution in [3.8, 4) is 11.5 Å². The molecule has 1 aliphatic heterocycles. The monoisotopic (exact) mass is 339 g/mol. The third-order valence-electron chi connectivity index (χ3n) is 5.05. The van der Waals surface area contributed by atoms with Crippen LogP contribution in [0.4, 0.5) is 0 Å². The van der Waals surface area contributed by atoms with Crippen LogP contribution >= 0.6 is 0 Å². The van der Waals surface area contributed by atoms with Crippen LogP contribution in [0.5, 0.6) is 11.5 Å². The number of nitrogens with zero attached hydrogens (tertiary/aromatic N) is 1. The zero-order valence-corrected chi connectivity index (χ0v) is 14.8. The maximum Gasteiger partial charge on any atom is 0.217 e. The smallest absolute Gasteiger partial charge is 0.217 e. The van der Waals surface area contributed by atoms with Gasteiger partial charge in [-0.1, -0.05) is 0 Å². The van der Waals surface area contributed by atoms with Gasteiger partial charge in [0, 0.05) is 6.04 Å². The highest BCUT2D eigenvalue weighted by Gasteiger charge is 2.51. The van der Waals surface area contributed by atoms with E-state index in [1.54, 1.807) is 25.3 Å². The van der Waals surface area contributed by atoms with Gasteiger partial charge in [-0.2, -0.15) is 4.31 Å². The number of benzene rings is 1. The number of ether oxygens (including phenoxy) is 2. The van der Waals surface area contributed by atoms with Crippen LogP contribution in [0.15, 0.2) is 24.3 Å². The highest BCUT2D eigenvalue weighted by Crippen LogP contribution is 2.44. The minimum Gasteiger partial charge on any atom is -0.497 e. The van der Waals surface area contributed by atoms with Gasteiger partial charge in [-0.05, 0) is 63.3 Å². The lowest BCUT2D eigenvalue weighted by Crippen LogP contribution is -2.50. The van der Waals surface area contributed by atoms with Crippen molar-refractivity contribution in [2.24, 2.45) is 5.92 Å². The average Bonchev–Trinajstić information content (AvgIpc) is 3.14. The van der Waals surface area contributed by atoms with E-state index in [2.05, 4.69) is 0 Å². The zero-order valence-electron chi connectivity index (χ0n) is 13.9. The molecule has 23 heavy (non-hydrogen) atoms. The number of rotatable bonds is 6. The van der Waals surface area contributed by atoms with Crippen molar-refractivity contribution < 1.29 is 17.9 Å². The Morgan fingerprint density at radius 3 is 2.43 bits per heavy atom. The summed E-state index contributed by atoms with van der Waals surface area (Å²) < 4.78 is 38.1. The van der Waals surface area contributed by atoms with E-state index in [0.717, 1.165) is 30.8 Å². The molecule has 1 saturated carbocycles. The van der Waals surface area contributed by atoms with Gasteiger partial charge in [0.2, 0.25) is 10.0 Å². The van der Waals surface area contributed by atoms with Crippen molar-refractivity contribution in [1.29, 1.82) is 0 Å². The fraction of sp³-hybridized carbons (Fsp3) is 0.647. The van der Waals surface area contributed by atoms with E-state index in [1.807, 2.05) is 24.3 Å². The molecule has 1 saturated heterocycles. The second-order valence-electron chi connectivity index (χ2n) is 6.70. The Balaban J connectivity index is 1.72. The van der Waals surface area contributed by atoms with Crippen molar-refractivity contribution in [3.63, 3.8) is 0 Å². The minimum absolute atomic E-state index is 0.0387. The van der Waals surface area contributed by atoms with E-state index < -0.39 is 10.0 Å². The summed E-state index contributed by atoms with van der Waals surface area (Å²) in [6.45, 7) is 3.92. The molecule has 0 radical (unpaired) electrons. The molecule has 2 aliphatic rings. The van der Waals surface area contributed by atoms with Crippen LogP contribution in [-0.4, -0.2) is 43.8 Å². The summed E-state index contributed by atoms with van der Waals surface area (Å²) in [7, 11) is -1.61. The summed E-state index contributed by atoms with van der Waals surface area (Å²) in [6.07, 6.45) is 3.06. The lowest BCUT2D eigenvalue weighted by atomic mass is 10.0. The van der Waals surface area contributed by atoms with Crippen LogP contribution < -0.4 is 9.47 Å². The lowest BCUT2D eigenvalue weighted by molar-refractivity contribution is 0.161. The topological polar surface area (TPSA) is 55.8 Å². The first-order valence-electron chi connectivity index (χ1n) is 8.22. The standard InChI is InChI=1S/C17H25NO4S/c1-12(2)23(19,20)18-14-5-4-13(10-14)17(18)11-22-16-8-6-15(21-3)7-9-16/h6-9,12-14,17H,4-5,10-11H2,1-3H3/t13-,14-,17+/m0/s1. The molecule has 0 aromatic heterocycles. The molecule has 128 valence electrons. The molecule has 2 bridgehead atoms. The maximum atomic E-state index is 12.7. The normalized spacial score (nSPS) is 27.6. The van der Waals surface area contributed by atoms with Gasteiger partial charge < -0.3 is 9.47 Å². The Labute approximate surface area is 138 Å². The SMILES string of the molecule is COc1ccc(OC[C@@H]2[C@H]3CC[C@@H](C3)N2S(=O)(=O)C(C)C)cc1. The van der Waals surface area contributed by atoms with Gasteiger partial charge >= 0.3 is 0 Å². The van der Waals surface area contributed by atoms with Gasteiger partial charge in [0.05, 0.1) is 18.4 Å². The highest BCUT2D eigenvalue weighted by atomic mass is 32.2. The Morgan fingerprint density at radius 2 is 1.83 bits per heavy atom. The molecule has 1 aromatic rings. The molecule has 0 unspecified atom stereocenters. The molecule has 6 heteroatoms. The summed E-state index contributed by atoms with van der Waals surface area (Å²) in [5.41, 5.74) is 0. The molecule has 1 aliphatic carbocycles. The largest absolute Gasteiger partial charge is 0.497 e. The predicted molar refractivity (Wildman–Crippen MR) is 89.3 cm³/mol. The van der Waals surface area contributed by atoms with Crippen LogP contribution in [0, 0.1) is 5.92 Å². The molecular weight excluding hydrogens is 314 g/mol. The van der Waals surface area contributed by atoms with Crippen LogP contribution in [0.1, 0.15) is 33.1 Å². The van der Waals surface area contributed by atoms with Crippen LogP contribution in [-0.2, 0) is 10.0 Å². The molecule has 3 rings (SSSR count). The number of piperidine rings is 1. The van der Waals surface area contributed by atoms with E-state index in [0.29, 0.717) is 12.5 Å². The molecule has 0 spiro atoms.